The van der Waals surface area contributed by atoms with Gasteiger partial charge in [0, 0.05) is 42.5 Å². The Morgan fingerprint density at radius 2 is 1.73 bits per heavy atom. The molecule has 40 heavy (non-hydrogen) atoms. The molecule has 1 saturated heterocycles. The van der Waals surface area contributed by atoms with Gasteiger partial charge in [0.15, 0.2) is 6.29 Å². The molecule has 1 N–H and O–H groups in total. The molecule has 1 aliphatic heterocycles. The molecule has 0 radical (unpaired) electrons. The molecular formula is C31H36N4O4S. The molecule has 3 aromatic carbocycles. The number of carbonyl (C=O) groups is 1. The fraction of sp³-hybridized carbons (Fsp3) is 0.290. The lowest BCUT2D eigenvalue weighted by molar-refractivity contribution is 0.0773. The van der Waals surface area contributed by atoms with Crippen molar-refractivity contribution in [2.24, 2.45) is 0 Å². The molecule has 0 amide bonds. The van der Waals surface area contributed by atoms with Gasteiger partial charge in [-0.05, 0) is 66.4 Å². The molecule has 4 aromatic rings. The fourth-order valence-corrected chi connectivity index (χ4v) is 5.19. The average Bonchev–Trinajstić information content (AvgIpc) is 3.42. The largest absolute Gasteiger partial charge is 0.497 e. The number of aldehydes is 1. The lowest BCUT2D eigenvalue weighted by Crippen LogP contribution is -2.30. The van der Waals surface area contributed by atoms with E-state index >= 15 is 0 Å². The van der Waals surface area contributed by atoms with Crippen LogP contribution < -0.4 is 14.8 Å². The highest BCUT2D eigenvalue weighted by atomic mass is 32.2. The Labute approximate surface area is 240 Å². The molecule has 0 saturated carbocycles. The van der Waals surface area contributed by atoms with Crippen LogP contribution in [0.15, 0.2) is 77.8 Å². The summed E-state index contributed by atoms with van der Waals surface area (Å²) in [5.74, 6) is 1.52. The highest BCUT2D eigenvalue weighted by Gasteiger charge is 2.14. The molecule has 0 spiro atoms. The van der Waals surface area contributed by atoms with E-state index < -0.39 is 0 Å². The highest BCUT2D eigenvalue weighted by Crippen LogP contribution is 2.29. The van der Waals surface area contributed by atoms with Gasteiger partial charge in [-0.15, -0.1) is 0 Å². The molecule has 2 heterocycles. The second kappa shape index (κ2) is 14.6. The van der Waals surface area contributed by atoms with Gasteiger partial charge in [0.05, 0.1) is 39.5 Å². The van der Waals surface area contributed by atoms with Crippen LogP contribution >= 0.6 is 11.9 Å². The molecule has 0 bridgehead atoms. The highest BCUT2D eigenvalue weighted by molar-refractivity contribution is 7.97. The van der Waals surface area contributed by atoms with E-state index in [1.165, 1.54) is 16.1 Å². The van der Waals surface area contributed by atoms with Gasteiger partial charge in [-0.25, -0.2) is 4.31 Å². The fourth-order valence-electron chi connectivity index (χ4n) is 4.19. The zero-order valence-corrected chi connectivity index (χ0v) is 24.2. The number of hydrogen-bond acceptors (Lipinski definition) is 8. The maximum atomic E-state index is 11.4. The zero-order chi connectivity index (χ0) is 28.3. The first-order valence-corrected chi connectivity index (χ1v) is 13.9. The molecule has 1 fully saturated rings. The summed E-state index contributed by atoms with van der Waals surface area (Å²) in [6.45, 7) is 6.42. The molecule has 5 rings (SSSR count). The molecule has 0 unspecified atom stereocenters. The molecule has 1 aliphatic rings. The van der Waals surface area contributed by atoms with Crippen molar-refractivity contribution in [2.45, 2.75) is 18.4 Å². The number of aryl methyl sites for hydroxylation is 1. The number of ether oxygens (including phenoxy) is 3. The molecule has 0 atom stereocenters. The minimum atomic E-state index is 0.547. The van der Waals surface area contributed by atoms with Crippen molar-refractivity contribution < 1.29 is 19.0 Å². The van der Waals surface area contributed by atoms with Gasteiger partial charge in [0.25, 0.3) is 0 Å². The Kier molecular flexibility index (Phi) is 10.6. The number of benzene rings is 3. The lowest BCUT2D eigenvalue weighted by atomic mass is 10.1. The summed E-state index contributed by atoms with van der Waals surface area (Å²) in [4.78, 5) is 12.7. The minimum absolute atomic E-state index is 0.547. The van der Waals surface area contributed by atoms with Gasteiger partial charge in [0.2, 0.25) is 0 Å². The van der Waals surface area contributed by atoms with Gasteiger partial charge < -0.3 is 19.5 Å². The molecule has 210 valence electrons. The van der Waals surface area contributed by atoms with Gasteiger partial charge in [-0.1, -0.05) is 30.3 Å². The third kappa shape index (κ3) is 7.88. The van der Waals surface area contributed by atoms with Crippen molar-refractivity contribution in [2.75, 3.05) is 52.9 Å². The molecule has 9 heteroatoms. The first kappa shape index (κ1) is 29.2. The second-order valence-corrected chi connectivity index (χ2v) is 10.3. The van der Waals surface area contributed by atoms with E-state index in [2.05, 4.69) is 39.8 Å². The van der Waals surface area contributed by atoms with Crippen LogP contribution in [-0.2, 0) is 11.3 Å². The smallest absolute Gasteiger partial charge is 0.153 e. The van der Waals surface area contributed by atoms with Crippen LogP contribution in [0.4, 0.5) is 5.69 Å². The average molecular weight is 561 g/mol. The van der Waals surface area contributed by atoms with Crippen LogP contribution in [0.2, 0.25) is 0 Å². The van der Waals surface area contributed by atoms with Crippen molar-refractivity contribution in [3.05, 3.63) is 89.6 Å². The van der Waals surface area contributed by atoms with E-state index in [0.717, 1.165) is 55.2 Å². The molecular weight excluding hydrogens is 524 g/mol. The number of carbonyl (C=O) groups excluding carboxylic acids is 1. The van der Waals surface area contributed by atoms with Crippen LogP contribution in [-0.4, -0.2) is 67.9 Å². The van der Waals surface area contributed by atoms with Crippen molar-refractivity contribution in [3.63, 3.8) is 0 Å². The lowest BCUT2D eigenvalue weighted by Gasteiger charge is -2.26. The SMILES string of the molecule is CNc1ccc(C)c(SN2CCOCC2)c1.COc1cccc(Cn2cc(C=O)c(-c3cccc(OC)c3)n2)c1. The van der Waals surface area contributed by atoms with E-state index in [1.807, 2.05) is 67.5 Å². The van der Waals surface area contributed by atoms with Crippen molar-refractivity contribution in [1.29, 1.82) is 0 Å². The summed E-state index contributed by atoms with van der Waals surface area (Å²) in [7, 11) is 5.20. The minimum Gasteiger partial charge on any atom is -0.497 e. The number of rotatable bonds is 9. The third-order valence-electron chi connectivity index (χ3n) is 6.41. The van der Waals surface area contributed by atoms with Gasteiger partial charge in [0.1, 0.15) is 17.2 Å². The van der Waals surface area contributed by atoms with Crippen LogP contribution in [0.25, 0.3) is 11.3 Å². The number of methoxy groups -OCH3 is 2. The van der Waals surface area contributed by atoms with E-state index in [9.17, 15) is 4.79 Å². The maximum Gasteiger partial charge on any atom is 0.153 e. The molecule has 8 nitrogen and oxygen atoms in total. The van der Waals surface area contributed by atoms with Gasteiger partial charge in [-0.3, -0.25) is 9.48 Å². The van der Waals surface area contributed by atoms with Gasteiger partial charge in [-0.2, -0.15) is 5.10 Å². The normalized spacial score (nSPS) is 13.2. The van der Waals surface area contributed by atoms with E-state index in [1.54, 1.807) is 25.1 Å². The summed E-state index contributed by atoms with van der Waals surface area (Å²) < 4.78 is 19.9. The van der Waals surface area contributed by atoms with E-state index in [0.29, 0.717) is 17.8 Å². The van der Waals surface area contributed by atoms with Crippen molar-refractivity contribution in [3.8, 4) is 22.8 Å². The summed E-state index contributed by atoms with van der Waals surface area (Å²) in [5, 5.41) is 7.74. The Hall–Kier alpha value is -3.79. The van der Waals surface area contributed by atoms with E-state index in [-0.39, 0.29) is 0 Å². The Morgan fingerprint density at radius 1 is 1.00 bits per heavy atom. The molecule has 0 aliphatic carbocycles. The Bertz CT molecular complexity index is 1400. The number of nitrogens with one attached hydrogen (secondary N) is 1. The van der Waals surface area contributed by atoms with Gasteiger partial charge >= 0.3 is 0 Å². The van der Waals surface area contributed by atoms with Crippen LogP contribution in [0.1, 0.15) is 21.5 Å². The zero-order valence-electron chi connectivity index (χ0n) is 23.4. The number of aromatic nitrogens is 2. The number of hydrogen-bond donors (Lipinski definition) is 1. The number of morpholine rings is 1. The number of anilines is 1. The predicted molar refractivity (Wildman–Crippen MR) is 161 cm³/mol. The monoisotopic (exact) mass is 560 g/mol. The quantitative estimate of drug-likeness (QED) is 0.203. The number of nitrogens with zero attached hydrogens (tertiary/aromatic N) is 3. The first-order valence-electron chi connectivity index (χ1n) is 13.1. The second-order valence-electron chi connectivity index (χ2n) is 9.19. The Morgan fingerprint density at radius 3 is 2.42 bits per heavy atom. The Balaban J connectivity index is 0.000000201. The standard InChI is InChI=1S/C19H18N2O3.C12H18N2OS/c1-23-17-7-3-5-14(9-17)11-21-12-16(13-22)19(20-21)15-6-4-8-18(10-15)24-2;1-10-3-4-11(13-2)9-12(10)16-14-5-7-15-8-6-14/h3-10,12-13H,11H2,1-2H3;3-4,9,13H,5-8H2,1-2H3. The topological polar surface area (TPSA) is 77.9 Å². The first-order chi connectivity index (χ1) is 19.5. The maximum absolute atomic E-state index is 11.4. The van der Waals surface area contributed by atoms with E-state index in [4.69, 9.17) is 14.2 Å². The van der Waals surface area contributed by atoms with Crippen LogP contribution in [0, 0.1) is 6.92 Å². The van der Waals surface area contributed by atoms with Crippen molar-refractivity contribution in [1.82, 2.24) is 14.1 Å². The van der Waals surface area contributed by atoms with Crippen molar-refractivity contribution >= 4 is 23.9 Å². The third-order valence-corrected chi connectivity index (χ3v) is 7.67. The molecule has 1 aromatic heterocycles. The summed E-state index contributed by atoms with van der Waals surface area (Å²) in [5.41, 5.74) is 5.59. The van der Waals surface area contributed by atoms with Crippen LogP contribution in [0.3, 0.4) is 0 Å². The summed E-state index contributed by atoms with van der Waals surface area (Å²) >= 11 is 1.83. The predicted octanol–water partition coefficient (Wildman–Crippen LogP) is 5.80. The van der Waals surface area contributed by atoms with Crippen LogP contribution in [0.5, 0.6) is 11.5 Å². The summed E-state index contributed by atoms with van der Waals surface area (Å²) in [6.07, 6.45) is 2.57. The summed E-state index contributed by atoms with van der Waals surface area (Å²) in [6, 6.07) is 21.8.